The van der Waals surface area contributed by atoms with Crippen LogP contribution in [0.5, 0.6) is 5.75 Å². The summed E-state index contributed by atoms with van der Waals surface area (Å²) in [5, 5.41) is 13.8. The first-order valence-electron chi connectivity index (χ1n) is 9.13. The zero-order valence-electron chi connectivity index (χ0n) is 15.3. The number of aromatic hydroxyl groups is 1. The molecule has 4 aromatic rings. The molecule has 0 amide bonds. The van der Waals surface area contributed by atoms with Gasteiger partial charge in [0.1, 0.15) is 5.75 Å². The van der Waals surface area contributed by atoms with Crippen LogP contribution in [0.2, 0.25) is 0 Å². The van der Waals surface area contributed by atoms with Gasteiger partial charge in [-0.3, -0.25) is 4.99 Å². The molecule has 0 fully saturated rings. The van der Waals surface area contributed by atoms with Crippen LogP contribution >= 0.6 is 7.92 Å². The molecule has 0 radical (unpaired) electrons. The molecule has 4 rings (SSSR count). The molecule has 2 nitrogen and oxygen atoms in total. The molecule has 4 aromatic carbocycles. The predicted molar refractivity (Wildman–Crippen MR) is 121 cm³/mol. The van der Waals surface area contributed by atoms with E-state index in [1.165, 1.54) is 15.9 Å². The number of phenolic OH excluding ortho intramolecular Hbond substituents is 1. The number of phenols is 1. The number of benzene rings is 4. The fraction of sp³-hybridized carbons (Fsp3) is 0. The molecule has 3 heteroatoms. The van der Waals surface area contributed by atoms with E-state index in [2.05, 4.69) is 77.8 Å². The van der Waals surface area contributed by atoms with E-state index in [0.717, 1.165) is 5.69 Å². The van der Waals surface area contributed by atoms with Crippen LogP contribution in [0.3, 0.4) is 0 Å². The van der Waals surface area contributed by atoms with E-state index in [-0.39, 0.29) is 5.75 Å². The van der Waals surface area contributed by atoms with Gasteiger partial charge in [0, 0.05) is 11.8 Å². The molecule has 0 aromatic heterocycles. The molecule has 0 aliphatic rings. The second-order valence-corrected chi connectivity index (χ2v) is 8.56. The van der Waals surface area contributed by atoms with Crippen LogP contribution in [0.15, 0.2) is 114 Å². The average Bonchev–Trinajstić information content (AvgIpc) is 2.75. The van der Waals surface area contributed by atoms with Crippen LogP contribution in [-0.2, 0) is 0 Å². The van der Waals surface area contributed by atoms with Crippen molar-refractivity contribution in [3.63, 3.8) is 0 Å². The largest absolute Gasteiger partial charge is 0.507 e. The summed E-state index contributed by atoms with van der Waals surface area (Å²) in [5.41, 5.74) is 1.58. The lowest BCUT2D eigenvalue weighted by Crippen LogP contribution is -2.20. The molecule has 0 atom stereocenters. The van der Waals surface area contributed by atoms with E-state index < -0.39 is 7.92 Å². The van der Waals surface area contributed by atoms with Gasteiger partial charge in [-0.2, -0.15) is 0 Å². The van der Waals surface area contributed by atoms with E-state index in [4.69, 9.17) is 0 Å². The summed E-state index contributed by atoms with van der Waals surface area (Å²) in [6.45, 7) is 0. The summed E-state index contributed by atoms with van der Waals surface area (Å²) in [4.78, 5) is 4.59. The summed E-state index contributed by atoms with van der Waals surface area (Å²) < 4.78 is 0. The van der Waals surface area contributed by atoms with Gasteiger partial charge in [-0.25, -0.2) is 0 Å². The van der Waals surface area contributed by atoms with Crippen molar-refractivity contribution in [2.24, 2.45) is 4.99 Å². The number of hydrogen-bond donors (Lipinski definition) is 1. The fourth-order valence-electron chi connectivity index (χ4n) is 3.05. The highest BCUT2D eigenvalue weighted by Crippen LogP contribution is 2.33. The highest BCUT2D eigenvalue weighted by molar-refractivity contribution is 7.79. The molecule has 0 spiro atoms. The third-order valence-corrected chi connectivity index (χ3v) is 6.83. The van der Waals surface area contributed by atoms with Gasteiger partial charge in [0.2, 0.25) is 0 Å². The topological polar surface area (TPSA) is 32.6 Å². The third-order valence-electron chi connectivity index (χ3n) is 4.41. The number of aliphatic imine (C=N–C) groups is 1. The molecule has 0 bridgehead atoms. The van der Waals surface area contributed by atoms with Gasteiger partial charge in [0.05, 0.1) is 5.69 Å². The summed E-state index contributed by atoms with van der Waals surface area (Å²) in [6.07, 6.45) is 1.71. The van der Waals surface area contributed by atoms with E-state index >= 15 is 0 Å². The Balaban J connectivity index is 1.72. The molecule has 1 N–H and O–H groups in total. The Labute approximate surface area is 166 Å². The first-order valence-corrected chi connectivity index (χ1v) is 10.5. The normalized spacial score (nSPS) is 11.2. The number of para-hydroxylation sites is 1. The molecule has 0 aliphatic carbocycles. The minimum Gasteiger partial charge on any atom is -0.507 e. The first-order chi connectivity index (χ1) is 13.8. The standard InChI is InChI=1S/C25H20NOP/c27-25-17-8-7-10-20(25)19-26-21-11-9-16-24(18-21)28(22-12-3-1-4-13-22)23-14-5-2-6-15-23/h1-19,27H. The van der Waals surface area contributed by atoms with Crippen molar-refractivity contribution >= 4 is 35.7 Å². The predicted octanol–water partition coefficient (Wildman–Crippen LogP) is 4.90. The maximum Gasteiger partial charge on any atom is 0.124 e. The lowest BCUT2D eigenvalue weighted by atomic mass is 10.2. The second-order valence-electron chi connectivity index (χ2n) is 6.34. The van der Waals surface area contributed by atoms with Crippen molar-refractivity contribution in [2.45, 2.75) is 0 Å². The molecule has 0 saturated heterocycles. The summed E-state index contributed by atoms with van der Waals surface area (Å²) in [5.74, 6) is 0.234. The molecule has 0 aliphatic heterocycles. The van der Waals surface area contributed by atoms with E-state index in [9.17, 15) is 5.11 Å². The minimum absolute atomic E-state index is 0.234. The third kappa shape index (κ3) is 4.19. The van der Waals surface area contributed by atoms with Crippen LogP contribution in [-0.4, -0.2) is 11.3 Å². The summed E-state index contributed by atoms with van der Waals surface area (Å²) in [7, 11) is -0.657. The van der Waals surface area contributed by atoms with Crippen molar-refractivity contribution < 1.29 is 5.11 Å². The maximum absolute atomic E-state index is 9.94. The molecular weight excluding hydrogens is 361 g/mol. The van der Waals surface area contributed by atoms with Crippen LogP contribution in [0.4, 0.5) is 5.69 Å². The quantitative estimate of drug-likeness (QED) is 0.387. The smallest absolute Gasteiger partial charge is 0.124 e. The molecule has 0 unspecified atom stereocenters. The SMILES string of the molecule is Oc1ccccc1C=Nc1cccc(P(c2ccccc2)c2ccccc2)c1. The Hall–Kier alpha value is -3.22. The Bertz CT molecular complexity index is 1040. The molecule has 0 heterocycles. The van der Waals surface area contributed by atoms with Crippen LogP contribution in [0, 0.1) is 0 Å². The molecule has 28 heavy (non-hydrogen) atoms. The summed E-state index contributed by atoms with van der Waals surface area (Å²) in [6, 6.07) is 36.8. The Morgan fingerprint density at radius 3 is 1.82 bits per heavy atom. The van der Waals surface area contributed by atoms with Gasteiger partial charge in [-0.05, 0) is 48.1 Å². The molecule has 0 saturated carbocycles. The van der Waals surface area contributed by atoms with Crippen molar-refractivity contribution in [3.8, 4) is 5.75 Å². The number of nitrogens with zero attached hydrogens (tertiary/aromatic N) is 1. The zero-order chi connectivity index (χ0) is 19.2. The van der Waals surface area contributed by atoms with E-state index in [1.807, 2.05) is 24.3 Å². The average molecular weight is 381 g/mol. The van der Waals surface area contributed by atoms with Crippen LogP contribution < -0.4 is 15.9 Å². The van der Waals surface area contributed by atoms with Gasteiger partial charge in [-0.1, -0.05) is 84.9 Å². The Morgan fingerprint density at radius 1 is 0.607 bits per heavy atom. The minimum atomic E-state index is -0.657. The van der Waals surface area contributed by atoms with Crippen molar-refractivity contribution in [3.05, 3.63) is 115 Å². The van der Waals surface area contributed by atoms with Crippen molar-refractivity contribution in [2.75, 3.05) is 0 Å². The zero-order valence-corrected chi connectivity index (χ0v) is 16.2. The first kappa shape index (κ1) is 18.2. The molecular formula is C25H20NOP. The highest BCUT2D eigenvalue weighted by Gasteiger charge is 2.16. The number of rotatable bonds is 5. The van der Waals surface area contributed by atoms with Crippen LogP contribution in [0.1, 0.15) is 5.56 Å². The van der Waals surface area contributed by atoms with E-state index in [0.29, 0.717) is 5.56 Å². The van der Waals surface area contributed by atoms with Gasteiger partial charge in [0.25, 0.3) is 0 Å². The number of hydrogen-bond acceptors (Lipinski definition) is 2. The van der Waals surface area contributed by atoms with Gasteiger partial charge in [0.15, 0.2) is 0 Å². The van der Waals surface area contributed by atoms with E-state index in [1.54, 1.807) is 18.3 Å². The molecule has 136 valence electrons. The van der Waals surface area contributed by atoms with Crippen molar-refractivity contribution in [1.29, 1.82) is 0 Å². The van der Waals surface area contributed by atoms with Crippen LogP contribution in [0.25, 0.3) is 0 Å². The Kier molecular flexibility index (Phi) is 5.61. The van der Waals surface area contributed by atoms with Gasteiger partial charge >= 0.3 is 0 Å². The Morgan fingerprint density at radius 2 is 1.18 bits per heavy atom. The second kappa shape index (κ2) is 8.65. The highest BCUT2D eigenvalue weighted by atomic mass is 31.1. The van der Waals surface area contributed by atoms with Gasteiger partial charge in [-0.15, -0.1) is 0 Å². The maximum atomic E-state index is 9.94. The fourth-order valence-corrected chi connectivity index (χ4v) is 5.39. The monoisotopic (exact) mass is 381 g/mol. The summed E-state index contributed by atoms with van der Waals surface area (Å²) >= 11 is 0. The van der Waals surface area contributed by atoms with Gasteiger partial charge < -0.3 is 5.11 Å². The lowest BCUT2D eigenvalue weighted by molar-refractivity contribution is 0.474. The lowest BCUT2D eigenvalue weighted by Gasteiger charge is -2.19. The van der Waals surface area contributed by atoms with Crippen molar-refractivity contribution in [1.82, 2.24) is 0 Å².